The molecule has 5 heteroatoms. The molecule has 0 atom stereocenters. The Morgan fingerprint density at radius 2 is 2.38 bits per heavy atom. The van der Waals surface area contributed by atoms with Gasteiger partial charge in [-0.15, -0.1) is 0 Å². The molecule has 0 spiro atoms. The molecule has 1 N–H and O–H groups in total. The Morgan fingerprint density at radius 3 is 3.06 bits per heavy atom. The number of nitrogens with zero attached hydrogens (tertiary/aromatic N) is 3. The third-order valence-electron chi connectivity index (χ3n) is 2.31. The molecule has 0 aliphatic heterocycles. The third-order valence-corrected chi connectivity index (χ3v) is 2.31. The summed E-state index contributed by atoms with van der Waals surface area (Å²) in [5.74, 6) is -0.850. The fourth-order valence-electron chi connectivity index (χ4n) is 1.54. The zero-order valence-electron chi connectivity index (χ0n) is 8.42. The molecule has 1 aromatic heterocycles. The summed E-state index contributed by atoms with van der Waals surface area (Å²) >= 11 is 0. The second-order valence-corrected chi connectivity index (χ2v) is 3.40. The van der Waals surface area contributed by atoms with Gasteiger partial charge < -0.3 is 5.11 Å². The number of carbonyl (C=O) groups is 1. The summed E-state index contributed by atoms with van der Waals surface area (Å²) in [6, 6.07) is 7.26. The van der Waals surface area contributed by atoms with Crippen LogP contribution in [0.4, 0.5) is 0 Å². The summed E-state index contributed by atoms with van der Waals surface area (Å²) in [7, 11) is 0. The van der Waals surface area contributed by atoms with Crippen molar-refractivity contribution in [2.75, 3.05) is 0 Å². The van der Waals surface area contributed by atoms with Crippen LogP contribution in [0.15, 0.2) is 24.4 Å². The number of carboxylic acid groups (broad SMARTS) is 1. The molecule has 80 valence electrons. The summed E-state index contributed by atoms with van der Waals surface area (Å²) in [6.07, 6.45) is 1.68. The van der Waals surface area contributed by atoms with Gasteiger partial charge in [0.2, 0.25) is 0 Å². The molecule has 0 saturated heterocycles. The number of benzene rings is 1. The highest BCUT2D eigenvalue weighted by Gasteiger charge is 2.05. The lowest BCUT2D eigenvalue weighted by molar-refractivity contribution is -0.137. The maximum Gasteiger partial charge on any atom is 0.305 e. The first-order chi connectivity index (χ1) is 7.70. The van der Waals surface area contributed by atoms with Gasteiger partial charge in [-0.25, -0.2) is 0 Å². The number of rotatable bonds is 3. The molecule has 0 amide bonds. The van der Waals surface area contributed by atoms with E-state index in [1.807, 2.05) is 6.07 Å². The van der Waals surface area contributed by atoms with Gasteiger partial charge in [0.1, 0.15) is 0 Å². The molecule has 0 aliphatic carbocycles. The summed E-state index contributed by atoms with van der Waals surface area (Å²) in [6.45, 7) is 0.338. The predicted octanol–water partition coefficient (Wildman–Crippen LogP) is 1.38. The van der Waals surface area contributed by atoms with Gasteiger partial charge in [-0.3, -0.25) is 9.48 Å². The fraction of sp³-hybridized carbons (Fsp3) is 0.182. The highest BCUT2D eigenvalue weighted by atomic mass is 16.4. The SMILES string of the molecule is N#Cc1ccc2c(cnn2CCC(=O)O)c1. The quantitative estimate of drug-likeness (QED) is 0.838. The summed E-state index contributed by atoms with van der Waals surface area (Å²) in [5, 5.41) is 22.2. The number of hydrogen-bond donors (Lipinski definition) is 1. The Kier molecular flexibility index (Phi) is 2.56. The molecule has 1 aromatic carbocycles. The zero-order valence-corrected chi connectivity index (χ0v) is 8.42. The summed E-state index contributed by atoms with van der Waals surface area (Å²) in [4.78, 5) is 10.4. The number of nitriles is 1. The maximum atomic E-state index is 10.4. The van der Waals surface area contributed by atoms with Crippen molar-refractivity contribution < 1.29 is 9.90 Å². The van der Waals surface area contributed by atoms with E-state index in [9.17, 15) is 4.79 Å². The largest absolute Gasteiger partial charge is 0.481 e. The molecule has 0 radical (unpaired) electrons. The molecule has 0 unspecified atom stereocenters. The van der Waals surface area contributed by atoms with Crippen molar-refractivity contribution in [3.63, 3.8) is 0 Å². The minimum Gasteiger partial charge on any atom is -0.481 e. The number of aliphatic carboxylic acids is 1. The normalized spacial score (nSPS) is 10.2. The Bertz CT molecular complexity index is 580. The standard InChI is InChI=1S/C11H9N3O2/c12-6-8-1-2-10-9(5-8)7-13-14(10)4-3-11(15)16/h1-2,5,7H,3-4H2,(H,15,16). The van der Waals surface area contributed by atoms with Crippen molar-refractivity contribution in [2.45, 2.75) is 13.0 Å². The van der Waals surface area contributed by atoms with Crippen molar-refractivity contribution in [2.24, 2.45) is 0 Å². The number of hydrogen-bond acceptors (Lipinski definition) is 3. The first-order valence-corrected chi connectivity index (χ1v) is 4.78. The molecule has 0 saturated carbocycles. The summed E-state index contributed by atoms with van der Waals surface area (Å²) in [5.41, 5.74) is 1.42. The van der Waals surface area contributed by atoms with Gasteiger partial charge in [-0.1, -0.05) is 0 Å². The van der Waals surface area contributed by atoms with Gasteiger partial charge in [-0.05, 0) is 18.2 Å². The average molecular weight is 215 g/mol. The van der Waals surface area contributed by atoms with E-state index in [0.29, 0.717) is 12.1 Å². The molecular weight excluding hydrogens is 206 g/mol. The van der Waals surface area contributed by atoms with Crippen LogP contribution in [0, 0.1) is 11.3 Å². The minimum absolute atomic E-state index is 0.0385. The van der Waals surface area contributed by atoms with E-state index in [4.69, 9.17) is 10.4 Å². The van der Waals surface area contributed by atoms with Crippen LogP contribution in [0.3, 0.4) is 0 Å². The molecule has 0 aliphatic rings. The van der Waals surface area contributed by atoms with Gasteiger partial charge in [0, 0.05) is 5.39 Å². The maximum absolute atomic E-state index is 10.4. The molecular formula is C11H9N3O2. The van der Waals surface area contributed by atoms with E-state index in [0.717, 1.165) is 10.9 Å². The van der Waals surface area contributed by atoms with Gasteiger partial charge in [0.15, 0.2) is 0 Å². The van der Waals surface area contributed by atoms with Crippen LogP contribution in [0.2, 0.25) is 0 Å². The molecule has 0 bridgehead atoms. The molecule has 2 aromatic rings. The van der Waals surface area contributed by atoms with E-state index in [1.54, 1.807) is 29.1 Å². The van der Waals surface area contributed by atoms with Gasteiger partial charge in [0.25, 0.3) is 0 Å². The van der Waals surface area contributed by atoms with Gasteiger partial charge in [0.05, 0.1) is 36.3 Å². The van der Waals surface area contributed by atoms with Crippen LogP contribution < -0.4 is 0 Å². The van der Waals surface area contributed by atoms with Crippen LogP contribution >= 0.6 is 0 Å². The number of aryl methyl sites for hydroxylation is 1. The van der Waals surface area contributed by atoms with Crippen LogP contribution in [-0.4, -0.2) is 20.9 Å². The molecule has 0 fully saturated rings. The predicted molar refractivity (Wildman–Crippen MR) is 56.7 cm³/mol. The van der Waals surface area contributed by atoms with Gasteiger partial charge in [-0.2, -0.15) is 10.4 Å². The van der Waals surface area contributed by atoms with E-state index >= 15 is 0 Å². The average Bonchev–Trinajstić information content (AvgIpc) is 2.68. The Balaban J connectivity index is 2.35. The van der Waals surface area contributed by atoms with Crippen molar-refractivity contribution in [3.8, 4) is 6.07 Å². The third kappa shape index (κ3) is 1.86. The second-order valence-electron chi connectivity index (χ2n) is 3.40. The van der Waals surface area contributed by atoms with Crippen molar-refractivity contribution in [1.82, 2.24) is 9.78 Å². The van der Waals surface area contributed by atoms with E-state index in [1.165, 1.54) is 0 Å². The molecule has 5 nitrogen and oxygen atoms in total. The van der Waals surface area contributed by atoms with Crippen LogP contribution in [-0.2, 0) is 11.3 Å². The van der Waals surface area contributed by atoms with Crippen molar-refractivity contribution in [3.05, 3.63) is 30.0 Å². The highest BCUT2D eigenvalue weighted by Crippen LogP contribution is 2.15. The molecule has 1 heterocycles. The number of aromatic nitrogens is 2. The monoisotopic (exact) mass is 215 g/mol. The van der Waals surface area contributed by atoms with E-state index < -0.39 is 5.97 Å². The van der Waals surface area contributed by atoms with E-state index in [2.05, 4.69) is 5.10 Å². The molecule has 16 heavy (non-hydrogen) atoms. The van der Waals surface area contributed by atoms with Crippen LogP contribution in [0.1, 0.15) is 12.0 Å². The lowest BCUT2D eigenvalue weighted by atomic mass is 10.2. The Hall–Kier alpha value is -2.35. The Morgan fingerprint density at radius 1 is 1.56 bits per heavy atom. The zero-order chi connectivity index (χ0) is 11.5. The molecule has 2 rings (SSSR count). The first kappa shape index (κ1) is 10.2. The topological polar surface area (TPSA) is 78.9 Å². The second kappa shape index (κ2) is 4.03. The smallest absolute Gasteiger partial charge is 0.305 e. The fourth-order valence-corrected chi connectivity index (χ4v) is 1.54. The van der Waals surface area contributed by atoms with Crippen LogP contribution in [0.25, 0.3) is 10.9 Å². The Labute approximate surface area is 91.5 Å². The first-order valence-electron chi connectivity index (χ1n) is 4.78. The lowest BCUT2D eigenvalue weighted by Crippen LogP contribution is -2.05. The number of carboxylic acids is 1. The van der Waals surface area contributed by atoms with E-state index in [-0.39, 0.29) is 6.42 Å². The summed E-state index contributed by atoms with van der Waals surface area (Å²) < 4.78 is 1.63. The number of fused-ring (bicyclic) bond motifs is 1. The lowest BCUT2D eigenvalue weighted by Gasteiger charge is -2.00. The van der Waals surface area contributed by atoms with Gasteiger partial charge >= 0.3 is 5.97 Å². The minimum atomic E-state index is -0.850. The van der Waals surface area contributed by atoms with Crippen molar-refractivity contribution >= 4 is 16.9 Å². The highest BCUT2D eigenvalue weighted by molar-refractivity contribution is 5.80. The van der Waals surface area contributed by atoms with Crippen molar-refractivity contribution in [1.29, 1.82) is 5.26 Å². The van der Waals surface area contributed by atoms with Crippen LogP contribution in [0.5, 0.6) is 0 Å².